The van der Waals surface area contributed by atoms with Crippen molar-refractivity contribution in [3.05, 3.63) is 45.6 Å². The number of carboxylic acids is 1. The second kappa shape index (κ2) is 4.84. The van der Waals surface area contributed by atoms with E-state index in [0.29, 0.717) is 17.6 Å². The summed E-state index contributed by atoms with van der Waals surface area (Å²) >= 11 is 11.9. The van der Waals surface area contributed by atoms with Crippen LogP contribution in [-0.4, -0.2) is 17.4 Å². The highest BCUT2D eigenvalue weighted by atomic mass is 35.5. The Morgan fingerprint density at radius 1 is 1.22 bits per heavy atom. The lowest BCUT2D eigenvalue weighted by Crippen LogP contribution is -1.96. The van der Waals surface area contributed by atoms with Gasteiger partial charge in [-0.1, -0.05) is 23.2 Å². The van der Waals surface area contributed by atoms with Crippen LogP contribution < -0.4 is 0 Å². The zero-order chi connectivity index (χ0) is 13.3. The Kier molecular flexibility index (Phi) is 3.41. The second-order valence-corrected chi connectivity index (χ2v) is 4.25. The van der Waals surface area contributed by atoms with Crippen molar-refractivity contribution in [1.29, 1.82) is 0 Å². The first-order valence-corrected chi connectivity index (χ1v) is 5.56. The van der Waals surface area contributed by atoms with Crippen molar-refractivity contribution < 1.29 is 19.1 Å². The van der Waals surface area contributed by atoms with E-state index in [1.54, 1.807) is 0 Å². The molecule has 0 aliphatic heterocycles. The topological polar surface area (TPSA) is 67.5 Å². The maximum Gasteiger partial charge on any atom is 0.335 e. The van der Waals surface area contributed by atoms with Crippen LogP contribution in [0.3, 0.4) is 0 Å². The number of carbonyl (C=O) groups excluding carboxylic acids is 1. The standard InChI is InChI=1S/C12H6Cl2O4/c13-8-3-6(12(16)17)4-9(14)11(8)10-2-1-7(5-15)18-10/h1-5H,(H,16,17). The lowest BCUT2D eigenvalue weighted by Gasteiger charge is -2.05. The number of aldehydes is 1. The van der Waals surface area contributed by atoms with E-state index in [-0.39, 0.29) is 21.4 Å². The predicted molar refractivity (Wildman–Crippen MR) is 66.5 cm³/mol. The number of furan rings is 1. The van der Waals surface area contributed by atoms with Crippen LogP contribution in [0.25, 0.3) is 11.3 Å². The third-order valence-electron chi connectivity index (χ3n) is 2.28. The molecule has 2 rings (SSSR count). The fraction of sp³-hybridized carbons (Fsp3) is 0. The minimum Gasteiger partial charge on any atom is -0.478 e. The average Bonchev–Trinajstić information content (AvgIpc) is 2.76. The molecule has 4 nitrogen and oxygen atoms in total. The van der Waals surface area contributed by atoms with Crippen LogP contribution in [0.2, 0.25) is 10.0 Å². The Morgan fingerprint density at radius 2 is 1.83 bits per heavy atom. The van der Waals surface area contributed by atoms with Crippen molar-refractivity contribution in [2.24, 2.45) is 0 Å². The van der Waals surface area contributed by atoms with Gasteiger partial charge >= 0.3 is 5.97 Å². The van der Waals surface area contributed by atoms with Crippen LogP contribution in [-0.2, 0) is 0 Å². The molecule has 0 aliphatic rings. The van der Waals surface area contributed by atoms with Gasteiger partial charge in [-0.05, 0) is 24.3 Å². The zero-order valence-corrected chi connectivity index (χ0v) is 10.3. The van der Waals surface area contributed by atoms with E-state index in [1.807, 2.05) is 0 Å². The Morgan fingerprint density at radius 3 is 2.28 bits per heavy atom. The Hall–Kier alpha value is -1.78. The molecule has 0 aliphatic carbocycles. The van der Waals surface area contributed by atoms with Crippen molar-refractivity contribution in [1.82, 2.24) is 0 Å². The zero-order valence-electron chi connectivity index (χ0n) is 8.81. The molecule has 0 fully saturated rings. The first-order valence-electron chi connectivity index (χ1n) is 4.80. The highest BCUT2D eigenvalue weighted by molar-refractivity contribution is 6.39. The first kappa shape index (κ1) is 12.7. The fourth-order valence-corrected chi connectivity index (χ4v) is 2.16. The third-order valence-corrected chi connectivity index (χ3v) is 2.87. The van der Waals surface area contributed by atoms with E-state index in [9.17, 15) is 9.59 Å². The van der Waals surface area contributed by atoms with Crippen LogP contribution >= 0.6 is 23.2 Å². The molecule has 0 bridgehead atoms. The molecule has 0 saturated carbocycles. The minimum absolute atomic E-state index is 0.0177. The molecule has 2 aromatic rings. The normalized spacial score (nSPS) is 10.3. The minimum atomic E-state index is -1.13. The molecule has 0 spiro atoms. The van der Waals surface area contributed by atoms with Crippen molar-refractivity contribution in [3.63, 3.8) is 0 Å². The maximum absolute atomic E-state index is 10.8. The molecule has 1 aromatic carbocycles. The summed E-state index contributed by atoms with van der Waals surface area (Å²) in [6.45, 7) is 0. The van der Waals surface area contributed by atoms with Gasteiger partial charge in [-0.25, -0.2) is 4.79 Å². The molecule has 0 saturated heterocycles. The highest BCUT2D eigenvalue weighted by Gasteiger charge is 2.16. The van der Waals surface area contributed by atoms with Gasteiger partial charge in [0.25, 0.3) is 0 Å². The second-order valence-electron chi connectivity index (χ2n) is 3.44. The number of halogens is 2. The van der Waals surface area contributed by atoms with Crippen molar-refractivity contribution >= 4 is 35.5 Å². The Balaban J connectivity index is 2.57. The molecular weight excluding hydrogens is 279 g/mol. The first-order chi connectivity index (χ1) is 8.52. The number of benzene rings is 1. The smallest absolute Gasteiger partial charge is 0.335 e. The third kappa shape index (κ3) is 2.25. The van der Waals surface area contributed by atoms with E-state index in [0.717, 1.165) is 0 Å². The fourth-order valence-electron chi connectivity index (χ4n) is 1.48. The summed E-state index contributed by atoms with van der Waals surface area (Å²) in [6.07, 6.45) is 0.553. The van der Waals surface area contributed by atoms with Gasteiger partial charge in [0, 0.05) is 0 Å². The van der Waals surface area contributed by atoms with Gasteiger partial charge in [0.1, 0.15) is 5.76 Å². The molecule has 1 N–H and O–H groups in total. The lowest BCUT2D eigenvalue weighted by atomic mass is 10.1. The van der Waals surface area contributed by atoms with Gasteiger partial charge in [0.2, 0.25) is 0 Å². The summed E-state index contributed by atoms with van der Waals surface area (Å²) in [7, 11) is 0. The quantitative estimate of drug-likeness (QED) is 0.872. The Labute approximate surface area is 112 Å². The molecule has 0 amide bonds. The van der Waals surface area contributed by atoms with Crippen molar-refractivity contribution in [3.8, 4) is 11.3 Å². The largest absolute Gasteiger partial charge is 0.478 e. The van der Waals surface area contributed by atoms with Crippen LogP contribution in [0, 0.1) is 0 Å². The molecule has 0 atom stereocenters. The maximum atomic E-state index is 10.8. The number of rotatable bonds is 3. The number of carboxylic acid groups (broad SMARTS) is 1. The number of hydrogen-bond acceptors (Lipinski definition) is 3. The summed E-state index contributed by atoms with van der Waals surface area (Å²) < 4.78 is 5.20. The van der Waals surface area contributed by atoms with E-state index < -0.39 is 5.97 Å². The summed E-state index contributed by atoms with van der Waals surface area (Å²) in [5, 5.41) is 9.14. The van der Waals surface area contributed by atoms with Gasteiger partial charge in [-0.3, -0.25) is 4.79 Å². The van der Waals surface area contributed by atoms with Crippen LogP contribution in [0.15, 0.2) is 28.7 Å². The lowest BCUT2D eigenvalue weighted by molar-refractivity contribution is 0.0696. The van der Waals surface area contributed by atoms with Crippen LogP contribution in [0.4, 0.5) is 0 Å². The van der Waals surface area contributed by atoms with Gasteiger partial charge in [-0.15, -0.1) is 0 Å². The summed E-state index contributed by atoms with van der Waals surface area (Å²) in [6, 6.07) is 5.56. The molecule has 92 valence electrons. The van der Waals surface area contributed by atoms with Crippen molar-refractivity contribution in [2.75, 3.05) is 0 Å². The summed E-state index contributed by atoms with van der Waals surface area (Å²) in [5.41, 5.74) is 0.340. The van der Waals surface area contributed by atoms with Crippen molar-refractivity contribution in [2.45, 2.75) is 0 Å². The molecular formula is C12H6Cl2O4. The molecule has 18 heavy (non-hydrogen) atoms. The van der Waals surface area contributed by atoms with Gasteiger partial charge in [0.15, 0.2) is 12.0 Å². The summed E-state index contributed by atoms with van der Waals surface area (Å²) in [4.78, 5) is 21.3. The van der Waals surface area contributed by atoms with Crippen LogP contribution in [0.1, 0.15) is 20.9 Å². The van der Waals surface area contributed by atoms with E-state index in [4.69, 9.17) is 32.7 Å². The SMILES string of the molecule is O=Cc1ccc(-c2c(Cl)cc(C(=O)O)cc2Cl)o1. The number of aromatic carboxylic acids is 1. The Bertz CT molecular complexity index is 608. The molecule has 0 unspecified atom stereocenters. The molecule has 0 radical (unpaired) electrons. The highest BCUT2D eigenvalue weighted by Crippen LogP contribution is 2.36. The predicted octanol–water partition coefficient (Wildman–Crippen LogP) is 3.76. The van der Waals surface area contributed by atoms with Gasteiger partial charge in [0.05, 0.1) is 21.2 Å². The van der Waals surface area contributed by atoms with Crippen LogP contribution in [0.5, 0.6) is 0 Å². The molecule has 6 heteroatoms. The van der Waals surface area contributed by atoms with E-state index >= 15 is 0 Å². The monoisotopic (exact) mass is 284 g/mol. The molecule has 1 aromatic heterocycles. The number of carbonyl (C=O) groups is 2. The molecule has 1 heterocycles. The van der Waals surface area contributed by atoms with E-state index in [2.05, 4.69) is 0 Å². The van der Waals surface area contributed by atoms with Gasteiger partial charge < -0.3 is 9.52 Å². The summed E-state index contributed by atoms with van der Waals surface area (Å²) in [5.74, 6) is -0.679. The van der Waals surface area contributed by atoms with Gasteiger partial charge in [-0.2, -0.15) is 0 Å². The number of hydrogen-bond donors (Lipinski definition) is 1. The average molecular weight is 285 g/mol. The van der Waals surface area contributed by atoms with E-state index in [1.165, 1.54) is 24.3 Å².